The fourth-order valence-corrected chi connectivity index (χ4v) is 3.74. The molecule has 0 spiro atoms. The Kier molecular flexibility index (Phi) is 5.77. The van der Waals surface area contributed by atoms with Crippen LogP contribution >= 0.6 is 0 Å². The Bertz CT molecular complexity index is 1040. The summed E-state index contributed by atoms with van der Waals surface area (Å²) in [6.07, 6.45) is 0. The first-order valence-corrected chi connectivity index (χ1v) is 10.0. The zero-order chi connectivity index (χ0) is 20.1. The lowest BCUT2D eigenvalue weighted by Gasteiger charge is -2.30. The lowest BCUT2D eigenvalue weighted by Crippen LogP contribution is -2.41. The van der Waals surface area contributed by atoms with E-state index in [4.69, 9.17) is 0 Å². The van der Waals surface area contributed by atoms with E-state index in [1.54, 1.807) is 84.9 Å². The van der Waals surface area contributed by atoms with Gasteiger partial charge in [0.25, 0.3) is 5.91 Å². The molecular weight excluding hydrogens is 376 g/mol. The molecule has 7 heteroatoms. The number of para-hydroxylation sites is 1. The molecule has 6 nitrogen and oxygen atoms in total. The highest BCUT2D eigenvalue weighted by atomic mass is 32.2. The molecule has 1 amide bonds. The van der Waals surface area contributed by atoms with Gasteiger partial charge in [0.05, 0.1) is 5.69 Å². The summed E-state index contributed by atoms with van der Waals surface area (Å²) >= 11 is 0. The van der Waals surface area contributed by atoms with E-state index in [-0.39, 0.29) is 5.69 Å². The Morgan fingerprint density at radius 2 is 1.43 bits per heavy atom. The lowest BCUT2D eigenvalue weighted by atomic mass is 10.1. The molecule has 28 heavy (non-hydrogen) atoms. The number of anilines is 2. The van der Waals surface area contributed by atoms with Crippen molar-refractivity contribution in [3.8, 4) is 0 Å². The fourth-order valence-electron chi connectivity index (χ4n) is 2.87. The van der Waals surface area contributed by atoms with Crippen molar-refractivity contribution in [2.45, 2.75) is 13.0 Å². The second kappa shape index (κ2) is 8.24. The molecule has 0 heterocycles. The third-order valence-electron chi connectivity index (χ3n) is 4.18. The molecule has 0 saturated heterocycles. The van der Waals surface area contributed by atoms with Gasteiger partial charge in [-0.2, -0.15) is 8.42 Å². The number of hydrogen-bond donors (Lipinski definition) is 2. The highest BCUT2D eigenvalue weighted by molar-refractivity contribution is 7.87. The topological polar surface area (TPSA) is 86.7 Å². The Hall–Kier alpha value is -3.16. The van der Waals surface area contributed by atoms with Gasteiger partial charge in [-0.05, 0) is 36.8 Å². The van der Waals surface area contributed by atoms with Gasteiger partial charge in [-0.3, -0.25) is 9.35 Å². The molecule has 0 aromatic heterocycles. The molecule has 144 valence electrons. The van der Waals surface area contributed by atoms with Crippen LogP contribution in [-0.2, 0) is 15.1 Å². The second-order valence-corrected chi connectivity index (χ2v) is 7.57. The quantitative estimate of drug-likeness (QED) is 0.617. The van der Waals surface area contributed by atoms with Gasteiger partial charge in [-0.15, -0.1) is 0 Å². The first kappa shape index (κ1) is 19.6. The first-order valence-electron chi connectivity index (χ1n) is 8.60. The summed E-state index contributed by atoms with van der Waals surface area (Å²) in [4.78, 5) is 13.1. The van der Waals surface area contributed by atoms with E-state index >= 15 is 0 Å². The van der Waals surface area contributed by atoms with Crippen LogP contribution < -0.4 is 9.62 Å². The van der Waals surface area contributed by atoms with Gasteiger partial charge in [-0.1, -0.05) is 66.2 Å². The molecule has 2 N–H and O–H groups in total. The average Bonchev–Trinajstić information content (AvgIpc) is 2.67. The molecule has 3 aromatic rings. The number of benzene rings is 3. The van der Waals surface area contributed by atoms with Crippen molar-refractivity contribution < 1.29 is 17.8 Å². The standard InChI is InChI=1S/C21H20N2O4S/c1-16-12-14-19(15-13-16)23(28(25,26)27)20(17-8-4-2-5-9-17)21(24)22-18-10-6-3-7-11-18/h2-15,20H,1H3,(H,22,24)(H,25,26,27)/t20-/m0/s1. The maximum Gasteiger partial charge on any atom is 0.361 e. The Morgan fingerprint density at radius 1 is 0.893 bits per heavy atom. The minimum Gasteiger partial charge on any atom is -0.324 e. The number of aryl methyl sites for hydroxylation is 1. The molecule has 3 aromatic carbocycles. The smallest absolute Gasteiger partial charge is 0.324 e. The highest BCUT2D eigenvalue weighted by Gasteiger charge is 2.35. The largest absolute Gasteiger partial charge is 0.361 e. The molecule has 3 rings (SSSR count). The molecule has 0 radical (unpaired) electrons. The molecule has 0 unspecified atom stereocenters. The number of carbonyl (C=O) groups excluding carboxylic acids is 1. The molecule has 0 aliphatic heterocycles. The van der Waals surface area contributed by atoms with Crippen LogP contribution in [-0.4, -0.2) is 18.9 Å². The number of nitrogens with one attached hydrogen (secondary N) is 1. The SMILES string of the molecule is Cc1ccc(N([C@H](C(=O)Nc2ccccc2)c2ccccc2)S(=O)(=O)O)cc1. The summed E-state index contributed by atoms with van der Waals surface area (Å²) < 4.78 is 35.3. The van der Waals surface area contributed by atoms with Crippen molar-refractivity contribution in [2.75, 3.05) is 9.62 Å². The second-order valence-electron chi connectivity index (χ2n) is 6.28. The van der Waals surface area contributed by atoms with Crippen molar-refractivity contribution >= 4 is 27.6 Å². The number of nitrogens with zero attached hydrogens (tertiary/aromatic N) is 1. The van der Waals surface area contributed by atoms with Crippen LogP contribution in [0.15, 0.2) is 84.9 Å². The van der Waals surface area contributed by atoms with Crippen molar-refractivity contribution in [3.05, 3.63) is 96.1 Å². The normalized spacial score (nSPS) is 12.2. The van der Waals surface area contributed by atoms with Crippen molar-refractivity contribution in [2.24, 2.45) is 0 Å². The number of carbonyl (C=O) groups is 1. The highest BCUT2D eigenvalue weighted by Crippen LogP contribution is 2.31. The first-order chi connectivity index (χ1) is 13.4. The maximum absolute atomic E-state index is 13.1. The van der Waals surface area contributed by atoms with E-state index in [9.17, 15) is 17.8 Å². The predicted molar refractivity (Wildman–Crippen MR) is 109 cm³/mol. The minimum atomic E-state index is -4.74. The van der Waals surface area contributed by atoms with Gasteiger partial charge >= 0.3 is 10.3 Å². The van der Waals surface area contributed by atoms with Crippen LogP contribution in [0.1, 0.15) is 17.2 Å². The predicted octanol–water partition coefficient (Wildman–Crippen LogP) is 3.98. The molecule has 0 fully saturated rings. The Labute approximate surface area is 164 Å². The third-order valence-corrected chi connectivity index (χ3v) is 5.10. The van der Waals surface area contributed by atoms with Crippen molar-refractivity contribution in [1.82, 2.24) is 0 Å². The van der Waals surface area contributed by atoms with Crippen LogP contribution in [0.5, 0.6) is 0 Å². The summed E-state index contributed by atoms with van der Waals surface area (Å²) in [6.45, 7) is 1.86. The van der Waals surface area contributed by atoms with Crippen LogP contribution in [0, 0.1) is 6.92 Å². The molecular formula is C21H20N2O4S. The van der Waals surface area contributed by atoms with Crippen LogP contribution in [0.2, 0.25) is 0 Å². The van der Waals surface area contributed by atoms with E-state index in [0.717, 1.165) is 9.87 Å². The summed E-state index contributed by atoms with van der Waals surface area (Å²) in [5, 5.41) is 2.72. The fraction of sp³-hybridized carbons (Fsp3) is 0.0952. The number of hydrogen-bond acceptors (Lipinski definition) is 3. The monoisotopic (exact) mass is 396 g/mol. The van der Waals surface area contributed by atoms with E-state index in [2.05, 4.69) is 5.32 Å². The van der Waals surface area contributed by atoms with Crippen LogP contribution in [0.4, 0.5) is 11.4 Å². The molecule has 0 aliphatic carbocycles. The Balaban J connectivity index is 2.10. The number of amides is 1. The summed E-state index contributed by atoms with van der Waals surface area (Å²) in [7, 11) is -4.74. The van der Waals surface area contributed by atoms with E-state index in [1.807, 2.05) is 6.92 Å². The summed E-state index contributed by atoms with van der Waals surface area (Å²) in [5.41, 5.74) is 2.05. The van der Waals surface area contributed by atoms with Crippen molar-refractivity contribution in [1.29, 1.82) is 0 Å². The molecule has 1 atom stereocenters. The number of rotatable bonds is 6. The van der Waals surface area contributed by atoms with E-state index in [0.29, 0.717) is 11.3 Å². The van der Waals surface area contributed by atoms with Crippen molar-refractivity contribution in [3.63, 3.8) is 0 Å². The zero-order valence-corrected chi connectivity index (χ0v) is 16.0. The van der Waals surface area contributed by atoms with E-state index in [1.165, 1.54) is 0 Å². The summed E-state index contributed by atoms with van der Waals surface area (Å²) in [6, 6.07) is 22.4. The molecule has 0 aliphatic rings. The van der Waals surface area contributed by atoms with Crippen LogP contribution in [0.3, 0.4) is 0 Å². The van der Waals surface area contributed by atoms with Gasteiger partial charge in [-0.25, -0.2) is 4.31 Å². The molecule has 0 bridgehead atoms. The summed E-state index contributed by atoms with van der Waals surface area (Å²) in [5.74, 6) is -0.587. The molecule has 0 saturated carbocycles. The third kappa shape index (κ3) is 4.57. The zero-order valence-electron chi connectivity index (χ0n) is 15.2. The van der Waals surface area contributed by atoms with Gasteiger partial charge in [0, 0.05) is 5.69 Å². The lowest BCUT2D eigenvalue weighted by molar-refractivity contribution is -0.117. The Morgan fingerprint density at radius 3 is 1.96 bits per heavy atom. The minimum absolute atomic E-state index is 0.185. The van der Waals surface area contributed by atoms with Gasteiger partial charge in [0.2, 0.25) is 0 Å². The van der Waals surface area contributed by atoms with Gasteiger partial charge < -0.3 is 5.32 Å². The average molecular weight is 396 g/mol. The van der Waals surface area contributed by atoms with Crippen LogP contribution in [0.25, 0.3) is 0 Å². The van der Waals surface area contributed by atoms with Gasteiger partial charge in [0.15, 0.2) is 6.04 Å². The maximum atomic E-state index is 13.1. The van der Waals surface area contributed by atoms with E-state index < -0.39 is 22.3 Å². The van der Waals surface area contributed by atoms with Gasteiger partial charge in [0.1, 0.15) is 0 Å².